The van der Waals surface area contributed by atoms with Crippen LogP contribution >= 0.6 is 0 Å². The van der Waals surface area contributed by atoms with Crippen LogP contribution in [0.4, 0.5) is 8.78 Å². The quantitative estimate of drug-likeness (QED) is 0.815. The van der Waals surface area contributed by atoms with Gasteiger partial charge in [-0.2, -0.15) is 0 Å². The van der Waals surface area contributed by atoms with Crippen LogP contribution in [-0.4, -0.2) is 17.5 Å². The van der Waals surface area contributed by atoms with E-state index in [2.05, 4.69) is 0 Å². The third kappa shape index (κ3) is 3.97. The fourth-order valence-electron chi connectivity index (χ4n) is 0.777. The summed E-state index contributed by atoms with van der Waals surface area (Å²) in [6.45, 7) is 0. The molecular formula is C5H6F2O2VY. The van der Waals surface area contributed by atoms with Crippen LogP contribution in [0.25, 0.3) is 0 Å². The van der Waals surface area contributed by atoms with Crippen LogP contribution in [0.3, 0.4) is 0 Å². The number of carboxylic acids is 1. The van der Waals surface area contributed by atoms with E-state index in [-0.39, 0.29) is 57.7 Å². The summed E-state index contributed by atoms with van der Waals surface area (Å²) in [5.74, 6) is -2.74. The molecule has 0 aromatic rings. The molecule has 2 nitrogen and oxygen atoms in total. The van der Waals surface area contributed by atoms with Gasteiger partial charge < -0.3 is 5.11 Å². The summed E-state index contributed by atoms with van der Waals surface area (Å²) in [5, 5.41) is 8.14. The molecule has 0 spiro atoms. The van der Waals surface area contributed by atoms with E-state index in [1.165, 1.54) is 0 Å². The van der Waals surface area contributed by atoms with Crippen molar-refractivity contribution in [2.75, 3.05) is 0 Å². The number of rotatable bonds is 2. The number of alkyl halides is 2. The van der Waals surface area contributed by atoms with Gasteiger partial charge in [0.25, 0.3) is 0 Å². The van der Waals surface area contributed by atoms with Gasteiger partial charge in [0.15, 0.2) is 0 Å². The van der Waals surface area contributed by atoms with E-state index >= 15 is 0 Å². The molecule has 1 fully saturated rings. The van der Waals surface area contributed by atoms with Crippen LogP contribution in [0.15, 0.2) is 0 Å². The smallest absolute Gasteiger partial charge is 0.307 e. The molecule has 0 amide bonds. The maximum atomic E-state index is 11.6. The third-order valence-corrected chi connectivity index (χ3v) is 1.48. The fraction of sp³-hybridized carbons (Fsp3) is 0.800. The van der Waals surface area contributed by atoms with Gasteiger partial charge in [-0.1, -0.05) is 0 Å². The molecule has 60 valence electrons. The Labute approximate surface area is 99.9 Å². The second kappa shape index (κ2) is 5.63. The Morgan fingerprint density at radius 3 is 2.09 bits per heavy atom. The second-order valence-corrected chi connectivity index (χ2v) is 2.18. The molecule has 1 aliphatic rings. The average Bonchev–Trinajstić information content (AvgIpc) is 2.39. The standard InChI is InChI=1S/C5H6F2O2.V.Y/c6-4(7)2-1-3(2)5(8)9;;/h2-4H,1H2,(H,8,9);;. The molecular weight excluding hydrogens is 270 g/mol. The van der Waals surface area contributed by atoms with Gasteiger partial charge in [0, 0.05) is 57.2 Å². The SMILES string of the molecule is O=C(O)C1CC1C(F)F.[V].[Y]. The van der Waals surface area contributed by atoms with Gasteiger partial charge in [0.2, 0.25) is 6.43 Å². The molecule has 2 radical (unpaired) electrons. The van der Waals surface area contributed by atoms with Crippen LogP contribution in [0.2, 0.25) is 0 Å². The van der Waals surface area contributed by atoms with Crippen LogP contribution in [0, 0.1) is 11.8 Å². The van der Waals surface area contributed by atoms with E-state index in [9.17, 15) is 13.6 Å². The molecule has 0 bridgehead atoms. The molecule has 0 aromatic heterocycles. The van der Waals surface area contributed by atoms with E-state index in [0.717, 1.165) is 0 Å². The van der Waals surface area contributed by atoms with Crippen LogP contribution < -0.4 is 0 Å². The van der Waals surface area contributed by atoms with Crippen molar-refractivity contribution in [1.29, 1.82) is 0 Å². The minimum absolute atomic E-state index is 0. The first-order valence-electron chi connectivity index (χ1n) is 2.64. The van der Waals surface area contributed by atoms with Gasteiger partial charge in [-0.25, -0.2) is 8.78 Å². The fourth-order valence-corrected chi connectivity index (χ4v) is 0.777. The molecule has 1 aliphatic carbocycles. The predicted octanol–water partition coefficient (Wildman–Crippen LogP) is 0.967. The summed E-state index contributed by atoms with van der Waals surface area (Å²) in [5.41, 5.74) is 0. The second-order valence-electron chi connectivity index (χ2n) is 2.18. The monoisotopic (exact) mass is 276 g/mol. The van der Waals surface area contributed by atoms with E-state index in [0.29, 0.717) is 0 Å². The van der Waals surface area contributed by atoms with E-state index < -0.39 is 24.2 Å². The van der Waals surface area contributed by atoms with Crippen molar-refractivity contribution in [2.24, 2.45) is 11.8 Å². The van der Waals surface area contributed by atoms with Gasteiger partial charge >= 0.3 is 5.97 Å². The molecule has 6 heteroatoms. The summed E-state index contributed by atoms with van der Waals surface area (Å²) >= 11 is 0. The molecule has 11 heavy (non-hydrogen) atoms. The number of hydrogen-bond acceptors (Lipinski definition) is 1. The van der Waals surface area contributed by atoms with Gasteiger partial charge in [0.1, 0.15) is 0 Å². The van der Waals surface area contributed by atoms with E-state index in [4.69, 9.17) is 5.11 Å². The summed E-state index contributed by atoms with van der Waals surface area (Å²) in [7, 11) is 0. The average molecular weight is 276 g/mol. The normalized spacial score (nSPS) is 26.8. The summed E-state index contributed by atoms with van der Waals surface area (Å²) in [4.78, 5) is 9.94. The number of carboxylic acid groups (broad SMARTS) is 1. The van der Waals surface area contributed by atoms with Gasteiger partial charge in [-0.15, -0.1) is 0 Å². The van der Waals surface area contributed by atoms with Crippen molar-refractivity contribution in [3.63, 3.8) is 0 Å². The van der Waals surface area contributed by atoms with Crippen LogP contribution in [-0.2, 0) is 56.1 Å². The Bertz CT molecular complexity index is 144. The number of aliphatic carboxylic acids is 1. The van der Waals surface area contributed by atoms with Crippen molar-refractivity contribution in [2.45, 2.75) is 12.8 Å². The molecule has 0 heterocycles. The molecule has 2 atom stereocenters. The number of carbonyl (C=O) groups is 1. The topological polar surface area (TPSA) is 37.3 Å². The zero-order valence-corrected chi connectivity index (χ0v) is 9.81. The first-order chi connectivity index (χ1) is 4.13. The van der Waals surface area contributed by atoms with Crippen molar-refractivity contribution < 1.29 is 69.9 Å². The summed E-state index contributed by atoms with van der Waals surface area (Å²) in [6.07, 6.45) is -2.31. The molecule has 1 N–H and O–H groups in total. The van der Waals surface area contributed by atoms with Gasteiger partial charge in [-0.3, -0.25) is 4.79 Å². The van der Waals surface area contributed by atoms with E-state index in [1.54, 1.807) is 0 Å². The largest absolute Gasteiger partial charge is 0.481 e. The Morgan fingerprint density at radius 1 is 1.55 bits per heavy atom. The zero-order chi connectivity index (χ0) is 7.02. The molecule has 1 rings (SSSR count). The first kappa shape index (κ1) is 14.5. The summed E-state index contributed by atoms with van der Waals surface area (Å²) in [6, 6.07) is 0. The molecule has 0 aromatic carbocycles. The Balaban J connectivity index is 0. The van der Waals surface area contributed by atoms with Crippen molar-refractivity contribution in [3.8, 4) is 0 Å². The number of hydrogen-bond donors (Lipinski definition) is 1. The minimum atomic E-state index is -2.45. The van der Waals surface area contributed by atoms with Crippen molar-refractivity contribution >= 4 is 5.97 Å². The third-order valence-electron chi connectivity index (χ3n) is 1.48. The maximum absolute atomic E-state index is 11.6. The van der Waals surface area contributed by atoms with Gasteiger partial charge in [0.05, 0.1) is 5.92 Å². The Kier molecular flexibility index (Phi) is 7.44. The van der Waals surface area contributed by atoms with E-state index in [1.807, 2.05) is 0 Å². The van der Waals surface area contributed by atoms with Crippen molar-refractivity contribution in [1.82, 2.24) is 0 Å². The zero-order valence-electron chi connectivity index (χ0n) is 5.58. The maximum Gasteiger partial charge on any atom is 0.307 e. The Morgan fingerprint density at radius 2 is 2.00 bits per heavy atom. The number of halogens is 2. The Hall–Kier alpha value is 1.02. The summed E-state index contributed by atoms with van der Waals surface area (Å²) < 4.78 is 23.1. The molecule has 2 unspecified atom stereocenters. The van der Waals surface area contributed by atoms with Crippen LogP contribution in [0.5, 0.6) is 0 Å². The predicted molar refractivity (Wildman–Crippen MR) is 25.2 cm³/mol. The van der Waals surface area contributed by atoms with Crippen LogP contribution in [0.1, 0.15) is 6.42 Å². The minimum Gasteiger partial charge on any atom is -0.481 e. The molecule has 0 aliphatic heterocycles. The van der Waals surface area contributed by atoms with Gasteiger partial charge in [-0.05, 0) is 6.42 Å². The molecule has 0 saturated heterocycles. The molecule has 1 saturated carbocycles. The first-order valence-corrected chi connectivity index (χ1v) is 2.64. The van der Waals surface area contributed by atoms with Crippen molar-refractivity contribution in [3.05, 3.63) is 0 Å².